The monoisotopic (exact) mass is 352 g/mol. The molecule has 0 aromatic heterocycles. The summed E-state index contributed by atoms with van der Waals surface area (Å²) in [7, 11) is 0. The summed E-state index contributed by atoms with van der Waals surface area (Å²) in [4.78, 5) is 15.1. The van der Waals surface area contributed by atoms with Crippen molar-refractivity contribution in [1.29, 1.82) is 0 Å². The first kappa shape index (κ1) is 18.3. The Balaban J connectivity index is 1.90. The van der Waals surface area contributed by atoms with Crippen molar-refractivity contribution < 1.29 is 9.53 Å². The van der Waals surface area contributed by atoms with Gasteiger partial charge in [0.2, 0.25) is 0 Å². The molecule has 2 unspecified atom stereocenters. The molecule has 4 nitrogen and oxygen atoms in total. The van der Waals surface area contributed by atoms with Gasteiger partial charge in [0.1, 0.15) is 11.9 Å². The van der Waals surface area contributed by atoms with Crippen LogP contribution in [0.5, 0.6) is 5.75 Å². The third kappa shape index (κ3) is 3.69. The van der Waals surface area contributed by atoms with Crippen LogP contribution in [0, 0.1) is 5.92 Å². The number of ether oxygens (including phenoxy) is 1. The highest BCUT2D eigenvalue weighted by atomic mass is 16.5. The van der Waals surface area contributed by atoms with Crippen LogP contribution < -0.4 is 10.1 Å². The zero-order valence-electron chi connectivity index (χ0n) is 16.0. The Hall–Kier alpha value is -2.49. The molecular formula is C22H28N2O2. The van der Waals surface area contributed by atoms with Gasteiger partial charge in [-0.3, -0.25) is 4.79 Å². The minimum absolute atomic E-state index is 0.0823. The van der Waals surface area contributed by atoms with Gasteiger partial charge in [-0.05, 0) is 49.1 Å². The van der Waals surface area contributed by atoms with Gasteiger partial charge in [0, 0.05) is 11.7 Å². The quantitative estimate of drug-likeness (QED) is 0.787. The summed E-state index contributed by atoms with van der Waals surface area (Å²) >= 11 is 0. The van der Waals surface area contributed by atoms with Gasteiger partial charge in [-0.1, -0.05) is 45.0 Å². The van der Waals surface area contributed by atoms with Gasteiger partial charge in [-0.15, -0.1) is 0 Å². The Morgan fingerprint density at radius 3 is 2.42 bits per heavy atom. The molecule has 0 saturated heterocycles. The number of nitrogens with zero attached hydrogens (tertiary/aromatic N) is 1. The van der Waals surface area contributed by atoms with Gasteiger partial charge in [0.15, 0.2) is 0 Å². The fourth-order valence-corrected chi connectivity index (χ4v) is 3.17. The molecule has 0 radical (unpaired) electrons. The Morgan fingerprint density at radius 2 is 1.77 bits per heavy atom. The maximum atomic E-state index is 13.1. The van der Waals surface area contributed by atoms with Gasteiger partial charge in [-0.2, -0.15) is 0 Å². The normalized spacial score (nSPS) is 17.7. The summed E-state index contributed by atoms with van der Waals surface area (Å²) in [5, 5.41) is 3.54. The molecule has 0 bridgehead atoms. The molecule has 2 atom stereocenters. The Morgan fingerprint density at radius 1 is 1.08 bits per heavy atom. The highest BCUT2D eigenvalue weighted by molar-refractivity contribution is 6.01. The summed E-state index contributed by atoms with van der Waals surface area (Å²) in [6.45, 7) is 9.17. The van der Waals surface area contributed by atoms with Gasteiger partial charge in [0.05, 0.1) is 12.2 Å². The third-order valence-corrected chi connectivity index (χ3v) is 4.81. The molecule has 2 aromatic rings. The molecule has 0 spiro atoms. The van der Waals surface area contributed by atoms with Crippen molar-refractivity contribution in [3.8, 4) is 5.75 Å². The van der Waals surface area contributed by atoms with E-state index in [0.29, 0.717) is 12.5 Å². The summed E-state index contributed by atoms with van der Waals surface area (Å²) in [5.74, 6) is 1.43. The molecule has 1 aliphatic heterocycles. The minimum Gasteiger partial charge on any atom is -0.493 e. The lowest BCUT2D eigenvalue weighted by atomic mass is 10.0. The van der Waals surface area contributed by atoms with Gasteiger partial charge in [-0.25, -0.2) is 0 Å². The van der Waals surface area contributed by atoms with Gasteiger partial charge < -0.3 is 15.0 Å². The fraction of sp³-hybridized carbons (Fsp3) is 0.409. The number of nitrogens with one attached hydrogen (secondary N) is 1. The predicted molar refractivity (Wildman–Crippen MR) is 106 cm³/mol. The second-order valence-corrected chi connectivity index (χ2v) is 7.34. The molecule has 3 rings (SSSR count). The number of hydrogen-bond acceptors (Lipinski definition) is 3. The van der Waals surface area contributed by atoms with E-state index in [1.165, 1.54) is 0 Å². The standard InChI is InChI=1S/C22H28N2O2/c1-5-16(4)24-21(23-20-9-7-6-8-19(20)22(24)25)17-10-12-18(13-11-17)26-14-15(2)3/h6-13,15-16,21,23H,5,14H2,1-4H3. The minimum atomic E-state index is -0.175. The molecule has 1 N–H and O–H groups in total. The lowest BCUT2D eigenvalue weighted by molar-refractivity contribution is 0.0593. The van der Waals surface area contributed by atoms with E-state index in [1.54, 1.807) is 0 Å². The van der Waals surface area contributed by atoms with E-state index < -0.39 is 0 Å². The molecular weight excluding hydrogens is 324 g/mol. The largest absolute Gasteiger partial charge is 0.493 e. The maximum Gasteiger partial charge on any atom is 0.258 e. The average molecular weight is 352 g/mol. The molecule has 2 aromatic carbocycles. The van der Waals surface area contributed by atoms with Crippen molar-refractivity contribution in [3.63, 3.8) is 0 Å². The number of para-hydroxylation sites is 1. The van der Waals surface area contributed by atoms with E-state index in [9.17, 15) is 4.79 Å². The zero-order valence-corrected chi connectivity index (χ0v) is 16.0. The summed E-state index contributed by atoms with van der Waals surface area (Å²) < 4.78 is 5.78. The van der Waals surface area contributed by atoms with Crippen LogP contribution in [0.25, 0.3) is 0 Å². The lowest BCUT2D eigenvalue weighted by Gasteiger charge is -2.41. The highest BCUT2D eigenvalue weighted by Gasteiger charge is 2.35. The molecule has 1 heterocycles. The summed E-state index contributed by atoms with van der Waals surface area (Å²) in [6, 6.07) is 15.9. The zero-order chi connectivity index (χ0) is 18.7. The highest BCUT2D eigenvalue weighted by Crippen LogP contribution is 2.35. The number of fused-ring (bicyclic) bond motifs is 1. The fourth-order valence-electron chi connectivity index (χ4n) is 3.17. The van der Waals surface area contributed by atoms with Crippen LogP contribution in [0.1, 0.15) is 56.2 Å². The van der Waals surface area contributed by atoms with E-state index in [1.807, 2.05) is 53.4 Å². The first-order chi connectivity index (χ1) is 12.5. The topological polar surface area (TPSA) is 41.6 Å². The van der Waals surface area contributed by atoms with Crippen LogP contribution in [0.2, 0.25) is 0 Å². The van der Waals surface area contributed by atoms with E-state index in [4.69, 9.17) is 4.74 Å². The number of carbonyl (C=O) groups excluding carboxylic acids is 1. The average Bonchev–Trinajstić information content (AvgIpc) is 2.66. The Bertz CT molecular complexity index is 755. The van der Waals surface area contributed by atoms with Crippen LogP contribution in [0.15, 0.2) is 48.5 Å². The number of benzene rings is 2. The number of amides is 1. The first-order valence-electron chi connectivity index (χ1n) is 9.42. The van der Waals surface area contributed by atoms with Crippen LogP contribution in [-0.2, 0) is 0 Å². The number of hydrogen-bond donors (Lipinski definition) is 1. The van der Waals surface area contributed by atoms with Crippen molar-refractivity contribution in [2.75, 3.05) is 11.9 Å². The molecule has 0 aliphatic carbocycles. The molecule has 138 valence electrons. The molecule has 4 heteroatoms. The van der Waals surface area contributed by atoms with Crippen molar-refractivity contribution in [3.05, 3.63) is 59.7 Å². The van der Waals surface area contributed by atoms with E-state index in [0.717, 1.165) is 29.0 Å². The maximum absolute atomic E-state index is 13.1. The van der Waals surface area contributed by atoms with Crippen LogP contribution in [0.3, 0.4) is 0 Å². The van der Waals surface area contributed by atoms with Crippen molar-refractivity contribution in [2.45, 2.75) is 46.3 Å². The predicted octanol–water partition coefficient (Wildman–Crippen LogP) is 5.09. The van der Waals surface area contributed by atoms with E-state index >= 15 is 0 Å². The summed E-state index contributed by atoms with van der Waals surface area (Å²) in [6.07, 6.45) is 0.730. The number of rotatable bonds is 6. The molecule has 26 heavy (non-hydrogen) atoms. The van der Waals surface area contributed by atoms with E-state index in [-0.39, 0.29) is 18.1 Å². The first-order valence-corrected chi connectivity index (χ1v) is 9.42. The smallest absolute Gasteiger partial charge is 0.258 e. The SMILES string of the molecule is CCC(C)N1C(=O)c2ccccc2NC1c1ccc(OCC(C)C)cc1. The molecule has 0 saturated carbocycles. The second-order valence-electron chi connectivity index (χ2n) is 7.34. The third-order valence-electron chi connectivity index (χ3n) is 4.81. The van der Waals surface area contributed by atoms with Crippen molar-refractivity contribution in [1.82, 2.24) is 4.90 Å². The number of anilines is 1. The molecule has 1 amide bonds. The number of carbonyl (C=O) groups is 1. The Kier molecular flexibility index (Phi) is 5.50. The van der Waals surface area contributed by atoms with Crippen LogP contribution in [-0.4, -0.2) is 23.5 Å². The molecule has 1 aliphatic rings. The Labute approximate surface area is 156 Å². The van der Waals surface area contributed by atoms with Crippen LogP contribution >= 0.6 is 0 Å². The van der Waals surface area contributed by atoms with Crippen molar-refractivity contribution in [2.24, 2.45) is 5.92 Å². The van der Waals surface area contributed by atoms with Crippen LogP contribution in [0.4, 0.5) is 5.69 Å². The van der Waals surface area contributed by atoms with Crippen molar-refractivity contribution >= 4 is 11.6 Å². The van der Waals surface area contributed by atoms with E-state index in [2.05, 4.69) is 33.0 Å². The van der Waals surface area contributed by atoms with Gasteiger partial charge in [0.25, 0.3) is 5.91 Å². The summed E-state index contributed by atoms with van der Waals surface area (Å²) in [5.41, 5.74) is 2.69. The second kappa shape index (κ2) is 7.81. The molecule has 0 fully saturated rings. The van der Waals surface area contributed by atoms with Gasteiger partial charge >= 0.3 is 0 Å². The lowest BCUT2D eigenvalue weighted by Crippen LogP contribution is -2.47.